The minimum atomic E-state index is -0.120. The molecule has 1 unspecified atom stereocenters. The van der Waals surface area contributed by atoms with Crippen LogP contribution in [0, 0.1) is 0 Å². The number of carbonyl (C=O) groups is 2. The summed E-state index contributed by atoms with van der Waals surface area (Å²) in [5.41, 5.74) is 0. The lowest BCUT2D eigenvalue weighted by Crippen LogP contribution is -2.42. The van der Waals surface area contributed by atoms with Crippen LogP contribution >= 0.6 is 11.8 Å². The average molecular weight is 268 g/mol. The molecule has 0 aromatic carbocycles. The molecule has 98 valence electrons. The lowest BCUT2D eigenvalue weighted by Gasteiger charge is -2.17. The first-order valence-corrected chi connectivity index (χ1v) is 6.98. The first-order valence-electron chi connectivity index (χ1n) is 5.82. The van der Waals surface area contributed by atoms with Gasteiger partial charge in [-0.25, -0.2) is 0 Å². The van der Waals surface area contributed by atoms with E-state index in [0.717, 1.165) is 5.76 Å². The molecule has 1 aromatic rings. The van der Waals surface area contributed by atoms with Crippen LogP contribution in [0.15, 0.2) is 22.8 Å². The molecular formula is C12H16N2O3S. The van der Waals surface area contributed by atoms with E-state index in [1.807, 2.05) is 19.1 Å². The predicted molar refractivity (Wildman–Crippen MR) is 69.1 cm³/mol. The number of thioether (sulfide) groups is 1. The Balaban J connectivity index is 1.75. The molecule has 0 bridgehead atoms. The number of nitrogens with one attached hydrogen (secondary N) is 1. The molecule has 18 heavy (non-hydrogen) atoms. The molecule has 1 aliphatic rings. The minimum absolute atomic E-state index is 0.00555. The molecule has 1 aromatic heterocycles. The van der Waals surface area contributed by atoms with Crippen LogP contribution in [0.1, 0.15) is 12.7 Å². The number of furan rings is 1. The minimum Gasteiger partial charge on any atom is -0.469 e. The fourth-order valence-electron chi connectivity index (χ4n) is 1.82. The van der Waals surface area contributed by atoms with E-state index >= 15 is 0 Å². The van der Waals surface area contributed by atoms with Gasteiger partial charge < -0.3 is 14.6 Å². The monoisotopic (exact) mass is 268 g/mol. The van der Waals surface area contributed by atoms with Crippen LogP contribution in [0.3, 0.4) is 0 Å². The van der Waals surface area contributed by atoms with Gasteiger partial charge >= 0.3 is 0 Å². The first kappa shape index (κ1) is 13.0. The van der Waals surface area contributed by atoms with E-state index < -0.39 is 0 Å². The van der Waals surface area contributed by atoms with Gasteiger partial charge in [0.2, 0.25) is 11.8 Å². The van der Waals surface area contributed by atoms with Gasteiger partial charge in [-0.05, 0) is 19.1 Å². The number of amides is 2. The highest BCUT2D eigenvalue weighted by molar-refractivity contribution is 8.00. The summed E-state index contributed by atoms with van der Waals surface area (Å²) in [7, 11) is 0. The number of carbonyl (C=O) groups excluding carboxylic acids is 2. The van der Waals surface area contributed by atoms with Crippen molar-refractivity contribution < 1.29 is 14.0 Å². The van der Waals surface area contributed by atoms with E-state index in [1.165, 1.54) is 11.8 Å². The van der Waals surface area contributed by atoms with Gasteiger partial charge in [-0.1, -0.05) is 0 Å². The third kappa shape index (κ3) is 3.53. The number of nitrogens with zero attached hydrogens (tertiary/aromatic N) is 1. The Bertz CT molecular complexity index is 419. The van der Waals surface area contributed by atoms with Crippen molar-refractivity contribution in [1.29, 1.82) is 0 Å². The third-order valence-electron chi connectivity index (χ3n) is 2.65. The second kappa shape index (κ2) is 5.95. The van der Waals surface area contributed by atoms with Crippen LogP contribution in [-0.4, -0.2) is 40.9 Å². The van der Waals surface area contributed by atoms with Crippen LogP contribution in [0.5, 0.6) is 0 Å². The summed E-state index contributed by atoms with van der Waals surface area (Å²) in [5, 5.41) is 2.86. The van der Waals surface area contributed by atoms with Crippen LogP contribution in [0.4, 0.5) is 0 Å². The van der Waals surface area contributed by atoms with E-state index in [4.69, 9.17) is 4.42 Å². The molecule has 1 atom stereocenters. The smallest absolute Gasteiger partial charge is 0.239 e. The maximum Gasteiger partial charge on any atom is 0.239 e. The van der Waals surface area contributed by atoms with Crippen molar-refractivity contribution in [2.75, 3.05) is 18.2 Å². The van der Waals surface area contributed by atoms with Gasteiger partial charge in [0.15, 0.2) is 0 Å². The van der Waals surface area contributed by atoms with Gasteiger partial charge in [-0.3, -0.25) is 9.59 Å². The van der Waals surface area contributed by atoms with Gasteiger partial charge in [0.25, 0.3) is 0 Å². The van der Waals surface area contributed by atoms with E-state index in [0.29, 0.717) is 18.1 Å². The second-order valence-electron chi connectivity index (χ2n) is 4.32. The predicted octanol–water partition coefficient (Wildman–Crippen LogP) is 0.860. The molecule has 1 aliphatic heterocycles. The van der Waals surface area contributed by atoms with Crippen LogP contribution in [-0.2, 0) is 16.0 Å². The number of hydrogen-bond acceptors (Lipinski definition) is 4. The van der Waals surface area contributed by atoms with Crippen molar-refractivity contribution >= 4 is 23.6 Å². The SMILES string of the molecule is CC(Cc1ccco1)NC(=O)CN1CSCC1=O. The summed E-state index contributed by atoms with van der Waals surface area (Å²) in [6, 6.07) is 3.70. The lowest BCUT2D eigenvalue weighted by molar-refractivity contribution is -0.132. The second-order valence-corrected chi connectivity index (χ2v) is 5.28. The van der Waals surface area contributed by atoms with Gasteiger partial charge in [-0.2, -0.15) is 0 Å². The highest BCUT2D eigenvalue weighted by Gasteiger charge is 2.23. The molecule has 6 heteroatoms. The van der Waals surface area contributed by atoms with E-state index in [1.54, 1.807) is 11.2 Å². The van der Waals surface area contributed by atoms with Crippen molar-refractivity contribution in [3.63, 3.8) is 0 Å². The van der Waals surface area contributed by atoms with Gasteiger partial charge in [0, 0.05) is 12.5 Å². The van der Waals surface area contributed by atoms with Crippen LogP contribution in [0.25, 0.3) is 0 Å². The lowest BCUT2D eigenvalue weighted by atomic mass is 10.2. The molecule has 1 fully saturated rings. The van der Waals surface area contributed by atoms with E-state index in [2.05, 4.69) is 5.32 Å². The normalized spacial score (nSPS) is 16.9. The third-order valence-corrected chi connectivity index (χ3v) is 3.60. The molecule has 0 radical (unpaired) electrons. The molecule has 2 rings (SSSR count). The Morgan fingerprint density at radius 2 is 2.50 bits per heavy atom. The maximum absolute atomic E-state index is 11.7. The van der Waals surface area contributed by atoms with E-state index in [9.17, 15) is 9.59 Å². The maximum atomic E-state index is 11.7. The van der Waals surface area contributed by atoms with Crippen molar-refractivity contribution in [1.82, 2.24) is 10.2 Å². The van der Waals surface area contributed by atoms with Gasteiger partial charge in [0.05, 0.1) is 17.9 Å². The zero-order valence-corrected chi connectivity index (χ0v) is 11.0. The Labute approximate surface area is 110 Å². The highest BCUT2D eigenvalue weighted by atomic mass is 32.2. The van der Waals surface area contributed by atoms with Crippen molar-refractivity contribution in [2.24, 2.45) is 0 Å². The molecule has 0 saturated carbocycles. The van der Waals surface area contributed by atoms with E-state index in [-0.39, 0.29) is 24.4 Å². The highest BCUT2D eigenvalue weighted by Crippen LogP contribution is 2.14. The summed E-state index contributed by atoms with van der Waals surface area (Å²) >= 11 is 1.54. The van der Waals surface area contributed by atoms with Crippen molar-refractivity contribution in [2.45, 2.75) is 19.4 Å². The Morgan fingerprint density at radius 3 is 3.11 bits per heavy atom. The fourth-order valence-corrected chi connectivity index (χ4v) is 2.72. The summed E-state index contributed by atoms with van der Waals surface area (Å²) in [6.07, 6.45) is 2.27. The number of hydrogen-bond donors (Lipinski definition) is 1. The Morgan fingerprint density at radius 1 is 1.67 bits per heavy atom. The topological polar surface area (TPSA) is 62.6 Å². The van der Waals surface area contributed by atoms with Crippen molar-refractivity contribution in [3.8, 4) is 0 Å². The Hall–Kier alpha value is -1.43. The molecule has 1 saturated heterocycles. The summed E-state index contributed by atoms with van der Waals surface area (Å²) in [4.78, 5) is 24.7. The molecule has 2 heterocycles. The van der Waals surface area contributed by atoms with Crippen LogP contribution in [0.2, 0.25) is 0 Å². The zero-order chi connectivity index (χ0) is 13.0. The fraction of sp³-hybridized carbons (Fsp3) is 0.500. The summed E-state index contributed by atoms with van der Waals surface area (Å²) < 4.78 is 5.22. The summed E-state index contributed by atoms with van der Waals surface area (Å²) in [5.74, 6) is 1.85. The average Bonchev–Trinajstić information content (AvgIpc) is 2.91. The van der Waals surface area contributed by atoms with Gasteiger partial charge in [-0.15, -0.1) is 11.8 Å². The summed E-state index contributed by atoms with van der Waals surface area (Å²) in [6.45, 7) is 2.06. The quantitative estimate of drug-likeness (QED) is 0.860. The Kier molecular flexibility index (Phi) is 4.30. The molecular weight excluding hydrogens is 252 g/mol. The van der Waals surface area contributed by atoms with Crippen LogP contribution < -0.4 is 5.32 Å². The number of rotatable bonds is 5. The molecule has 2 amide bonds. The largest absolute Gasteiger partial charge is 0.469 e. The molecule has 0 aliphatic carbocycles. The molecule has 1 N–H and O–H groups in total. The standard InChI is InChI=1S/C12H16N2O3S/c1-9(5-10-3-2-4-17-10)13-11(15)6-14-8-18-7-12(14)16/h2-4,9H,5-8H2,1H3,(H,13,15). The van der Waals surface area contributed by atoms with Gasteiger partial charge in [0.1, 0.15) is 12.3 Å². The zero-order valence-electron chi connectivity index (χ0n) is 10.2. The first-order chi connectivity index (χ1) is 8.65. The van der Waals surface area contributed by atoms with Crippen molar-refractivity contribution in [3.05, 3.63) is 24.2 Å². The molecule has 5 nitrogen and oxygen atoms in total. The molecule has 0 spiro atoms.